The molecule has 8 nitrogen and oxygen atoms in total. The van der Waals surface area contributed by atoms with E-state index in [9.17, 15) is 19.2 Å². The van der Waals surface area contributed by atoms with E-state index in [-0.39, 0.29) is 17.7 Å². The molecule has 0 aromatic heterocycles. The lowest BCUT2D eigenvalue weighted by Crippen LogP contribution is -2.48. The third kappa shape index (κ3) is 5.20. The fraction of sp³-hybridized carbons (Fsp3) is 0.545. The van der Waals surface area contributed by atoms with Gasteiger partial charge in [0.05, 0.1) is 5.56 Å². The lowest BCUT2D eigenvalue weighted by Gasteiger charge is -2.36. The molecule has 4 amide bonds. The summed E-state index contributed by atoms with van der Waals surface area (Å²) in [5.41, 5.74) is -0.739. The molecule has 2 saturated heterocycles. The Bertz CT molecular complexity index is 876. The standard InChI is InChI=1S/C22H29N3O5S/c1-4-15-9-7-8-12-25(15)18(26)14(2)30-19(27)16-10-5-6-11-17(16)31-13-22(3)20(28)23-21(29)24-22/h5-6,10-11,14-15H,4,7-9,12-13H2,1-3H3,(H2,23,24,28,29)/t14-,15-,22-/m1/s1. The molecule has 2 aliphatic rings. The Balaban J connectivity index is 1.66. The zero-order chi connectivity index (χ0) is 22.6. The van der Waals surface area contributed by atoms with Gasteiger partial charge in [-0.1, -0.05) is 19.1 Å². The van der Waals surface area contributed by atoms with Crippen molar-refractivity contribution < 1.29 is 23.9 Å². The summed E-state index contributed by atoms with van der Waals surface area (Å²) in [7, 11) is 0. The summed E-state index contributed by atoms with van der Waals surface area (Å²) < 4.78 is 5.53. The predicted octanol–water partition coefficient (Wildman–Crippen LogP) is 2.71. The minimum Gasteiger partial charge on any atom is -0.449 e. The van der Waals surface area contributed by atoms with Gasteiger partial charge in [-0.25, -0.2) is 9.59 Å². The normalized spacial score (nSPS) is 24.4. The molecule has 2 heterocycles. The number of rotatable bonds is 7. The quantitative estimate of drug-likeness (QED) is 0.378. The predicted molar refractivity (Wildman–Crippen MR) is 117 cm³/mol. The van der Waals surface area contributed by atoms with Crippen molar-refractivity contribution in [3.05, 3.63) is 29.8 Å². The van der Waals surface area contributed by atoms with Crippen LogP contribution in [0.5, 0.6) is 0 Å². The largest absolute Gasteiger partial charge is 0.449 e. The number of esters is 1. The van der Waals surface area contributed by atoms with E-state index in [1.54, 1.807) is 38.1 Å². The maximum absolute atomic E-state index is 12.9. The van der Waals surface area contributed by atoms with Crippen LogP contribution in [0, 0.1) is 0 Å². The van der Waals surface area contributed by atoms with E-state index in [1.807, 2.05) is 4.90 Å². The topological polar surface area (TPSA) is 105 Å². The zero-order valence-corrected chi connectivity index (χ0v) is 18.9. The van der Waals surface area contributed by atoms with E-state index >= 15 is 0 Å². The Morgan fingerprint density at radius 2 is 2.03 bits per heavy atom. The van der Waals surface area contributed by atoms with Crippen LogP contribution in [0.4, 0.5) is 4.79 Å². The van der Waals surface area contributed by atoms with Crippen molar-refractivity contribution in [2.75, 3.05) is 12.3 Å². The molecule has 2 N–H and O–H groups in total. The summed E-state index contributed by atoms with van der Waals surface area (Å²) in [6.07, 6.45) is 3.05. The first kappa shape index (κ1) is 23.1. The highest BCUT2D eigenvalue weighted by molar-refractivity contribution is 7.99. The van der Waals surface area contributed by atoms with Crippen molar-refractivity contribution in [3.8, 4) is 0 Å². The molecule has 9 heteroatoms. The number of hydrogen-bond acceptors (Lipinski definition) is 6. The molecule has 0 spiro atoms. The molecule has 31 heavy (non-hydrogen) atoms. The number of nitrogens with zero attached hydrogens (tertiary/aromatic N) is 1. The molecule has 0 unspecified atom stereocenters. The lowest BCUT2D eigenvalue weighted by molar-refractivity contribution is -0.143. The molecule has 0 aliphatic carbocycles. The van der Waals surface area contributed by atoms with Crippen LogP contribution in [0.1, 0.15) is 56.8 Å². The number of likely N-dealkylation sites (tertiary alicyclic amines) is 1. The molecule has 2 aliphatic heterocycles. The zero-order valence-electron chi connectivity index (χ0n) is 18.1. The van der Waals surface area contributed by atoms with Gasteiger partial charge in [-0.3, -0.25) is 14.9 Å². The number of hydrogen-bond donors (Lipinski definition) is 2. The SMILES string of the molecule is CC[C@@H]1CCCCN1C(=O)[C@@H](C)OC(=O)c1ccccc1SC[C@@]1(C)NC(=O)NC1=O. The average Bonchev–Trinajstić information content (AvgIpc) is 3.03. The molecule has 1 aromatic carbocycles. The monoisotopic (exact) mass is 447 g/mol. The number of thioether (sulfide) groups is 1. The Labute approximate surface area is 186 Å². The van der Waals surface area contributed by atoms with Gasteiger partial charge in [-0.15, -0.1) is 11.8 Å². The second-order valence-electron chi connectivity index (χ2n) is 8.16. The first-order chi connectivity index (χ1) is 14.7. The minimum absolute atomic E-state index is 0.164. The van der Waals surface area contributed by atoms with Gasteiger partial charge in [0.2, 0.25) is 0 Å². The fourth-order valence-corrected chi connectivity index (χ4v) is 5.02. The summed E-state index contributed by atoms with van der Waals surface area (Å²) in [6.45, 7) is 5.99. The number of amides is 4. The third-order valence-electron chi connectivity index (χ3n) is 5.75. The van der Waals surface area contributed by atoms with E-state index in [2.05, 4.69) is 17.6 Å². The fourth-order valence-electron chi connectivity index (χ4n) is 3.89. The van der Waals surface area contributed by atoms with E-state index < -0.39 is 29.6 Å². The van der Waals surface area contributed by atoms with Crippen LogP contribution in [0.3, 0.4) is 0 Å². The second kappa shape index (κ2) is 9.72. The lowest BCUT2D eigenvalue weighted by atomic mass is 9.99. The summed E-state index contributed by atoms with van der Waals surface area (Å²) in [5, 5.41) is 4.83. The third-order valence-corrected chi connectivity index (χ3v) is 7.14. The summed E-state index contributed by atoms with van der Waals surface area (Å²) in [4.78, 5) is 51.7. The van der Waals surface area contributed by atoms with Gasteiger partial charge in [-0.2, -0.15) is 0 Å². The maximum Gasteiger partial charge on any atom is 0.340 e. The molecule has 3 atom stereocenters. The molecule has 0 radical (unpaired) electrons. The van der Waals surface area contributed by atoms with E-state index in [0.29, 0.717) is 17.0 Å². The number of piperidine rings is 1. The van der Waals surface area contributed by atoms with Crippen LogP contribution in [-0.2, 0) is 14.3 Å². The smallest absolute Gasteiger partial charge is 0.340 e. The van der Waals surface area contributed by atoms with Gasteiger partial charge >= 0.3 is 12.0 Å². The molecular formula is C22H29N3O5S. The number of carbonyl (C=O) groups excluding carboxylic acids is 4. The molecule has 2 fully saturated rings. The number of imide groups is 1. The van der Waals surface area contributed by atoms with Crippen molar-refractivity contribution in [1.82, 2.24) is 15.5 Å². The summed E-state index contributed by atoms with van der Waals surface area (Å²) in [6, 6.07) is 6.55. The van der Waals surface area contributed by atoms with Gasteiger partial charge in [0.15, 0.2) is 6.10 Å². The van der Waals surface area contributed by atoms with Crippen LogP contribution in [0.25, 0.3) is 0 Å². The number of carbonyl (C=O) groups is 4. The second-order valence-corrected chi connectivity index (χ2v) is 9.18. The van der Waals surface area contributed by atoms with Crippen LogP contribution < -0.4 is 10.6 Å². The first-order valence-corrected chi connectivity index (χ1v) is 11.6. The van der Waals surface area contributed by atoms with Gasteiger partial charge in [0.25, 0.3) is 11.8 Å². The van der Waals surface area contributed by atoms with Gasteiger partial charge < -0.3 is 15.0 Å². The Morgan fingerprint density at radius 3 is 2.71 bits per heavy atom. The Hall–Kier alpha value is -2.55. The highest BCUT2D eigenvalue weighted by Gasteiger charge is 2.42. The summed E-state index contributed by atoms with van der Waals surface area (Å²) in [5.74, 6) is -0.909. The Morgan fingerprint density at radius 1 is 1.29 bits per heavy atom. The van der Waals surface area contributed by atoms with Crippen LogP contribution >= 0.6 is 11.8 Å². The van der Waals surface area contributed by atoms with Crippen molar-refractivity contribution in [2.45, 2.75) is 69.0 Å². The van der Waals surface area contributed by atoms with Crippen molar-refractivity contribution in [1.29, 1.82) is 0 Å². The van der Waals surface area contributed by atoms with Crippen molar-refractivity contribution in [3.63, 3.8) is 0 Å². The highest BCUT2D eigenvalue weighted by atomic mass is 32.2. The van der Waals surface area contributed by atoms with Gasteiger partial charge in [0, 0.05) is 23.2 Å². The molecule has 3 rings (SSSR count). The van der Waals surface area contributed by atoms with Crippen LogP contribution in [0.2, 0.25) is 0 Å². The van der Waals surface area contributed by atoms with Crippen molar-refractivity contribution in [2.24, 2.45) is 0 Å². The highest BCUT2D eigenvalue weighted by Crippen LogP contribution is 2.28. The van der Waals surface area contributed by atoms with Crippen LogP contribution in [-0.4, -0.2) is 58.7 Å². The summed E-state index contributed by atoms with van der Waals surface area (Å²) >= 11 is 1.27. The molecular weight excluding hydrogens is 418 g/mol. The molecule has 0 bridgehead atoms. The molecule has 168 valence electrons. The number of benzene rings is 1. The number of ether oxygens (including phenoxy) is 1. The van der Waals surface area contributed by atoms with E-state index in [4.69, 9.17) is 4.74 Å². The Kier molecular flexibility index (Phi) is 7.25. The van der Waals surface area contributed by atoms with E-state index in [1.165, 1.54) is 11.8 Å². The van der Waals surface area contributed by atoms with Gasteiger partial charge in [-0.05, 0) is 51.7 Å². The molecule has 1 aromatic rings. The van der Waals surface area contributed by atoms with Crippen molar-refractivity contribution >= 4 is 35.6 Å². The van der Waals surface area contributed by atoms with E-state index in [0.717, 1.165) is 25.7 Å². The maximum atomic E-state index is 12.9. The number of urea groups is 1. The van der Waals surface area contributed by atoms with Gasteiger partial charge in [0.1, 0.15) is 5.54 Å². The first-order valence-electron chi connectivity index (χ1n) is 10.6. The van der Waals surface area contributed by atoms with Crippen LogP contribution in [0.15, 0.2) is 29.2 Å². The minimum atomic E-state index is -1.06. The molecule has 0 saturated carbocycles. The number of nitrogens with one attached hydrogen (secondary N) is 2. The average molecular weight is 448 g/mol.